The summed E-state index contributed by atoms with van der Waals surface area (Å²) in [6, 6.07) is 19.5. The zero-order valence-corrected chi connectivity index (χ0v) is 16.3. The van der Waals surface area contributed by atoms with Gasteiger partial charge in [-0.15, -0.1) is 0 Å². The van der Waals surface area contributed by atoms with Crippen molar-refractivity contribution < 1.29 is 14.3 Å². The maximum absolute atomic E-state index is 12.9. The molecule has 28 heavy (non-hydrogen) atoms. The first-order chi connectivity index (χ1) is 13.7. The van der Waals surface area contributed by atoms with E-state index in [1.165, 1.54) is 0 Å². The van der Waals surface area contributed by atoms with Crippen LogP contribution in [-0.2, 0) is 17.6 Å². The highest BCUT2D eigenvalue weighted by Gasteiger charge is 2.19. The fraction of sp³-hybridized carbons (Fsp3) is 0.261. The molecule has 0 saturated carbocycles. The number of rotatable bonds is 9. The second-order valence-electron chi connectivity index (χ2n) is 6.57. The summed E-state index contributed by atoms with van der Waals surface area (Å²) >= 11 is 0. The van der Waals surface area contributed by atoms with Gasteiger partial charge < -0.3 is 19.4 Å². The topological polar surface area (TPSA) is 52.5 Å². The third-order valence-electron chi connectivity index (χ3n) is 4.72. The summed E-state index contributed by atoms with van der Waals surface area (Å²) in [4.78, 5) is 12.9. The molecule has 1 atom stereocenters. The third kappa shape index (κ3) is 4.94. The summed E-state index contributed by atoms with van der Waals surface area (Å²) in [5.74, 6) is 1.41. The molecule has 0 saturated heterocycles. The molecule has 2 aromatic carbocycles. The molecule has 1 aromatic heterocycles. The van der Waals surface area contributed by atoms with Crippen molar-refractivity contribution in [3.05, 3.63) is 84.2 Å². The largest absolute Gasteiger partial charge is 0.493 e. The van der Waals surface area contributed by atoms with Crippen LogP contribution in [0.4, 0.5) is 0 Å². The molecule has 0 aliphatic rings. The summed E-state index contributed by atoms with van der Waals surface area (Å²) in [6.07, 6.45) is 5.23. The number of hydrogen-bond acceptors (Lipinski definition) is 3. The molecule has 3 rings (SSSR count). The van der Waals surface area contributed by atoms with E-state index in [2.05, 4.69) is 5.32 Å². The van der Waals surface area contributed by atoms with Crippen molar-refractivity contribution in [3.63, 3.8) is 0 Å². The van der Waals surface area contributed by atoms with E-state index in [1.54, 1.807) is 14.2 Å². The Kier molecular flexibility index (Phi) is 6.73. The van der Waals surface area contributed by atoms with Crippen molar-refractivity contribution in [1.82, 2.24) is 9.88 Å². The number of methoxy groups -OCH3 is 2. The van der Waals surface area contributed by atoms with E-state index >= 15 is 0 Å². The number of amides is 1. The zero-order valence-electron chi connectivity index (χ0n) is 16.3. The third-order valence-corrected chi connectivity index (χ3v) is 4.72. The van der Waals surface area contributed by atoms with Gasteiger partial charge in [-0.25, -0.2) is 0 Å². The molecule has 5 heteroatoms. The van der Waals surface area contributed by atoms with Crippen molar-refractivity contribution in [2.45, 2.75) is 18.9 Å². The SMILES string of the molecule is COc1ccc(CCNC(=O)[C@H](Cc2ccccc2)n2cccc2)cc1OC. The van der Waals surface area contributed by atoms with Crippen LogP contribution < -0.4 is 14.8 Å². The molecule has 0 radical (unpaired) electrons. The number of benzene rings is 2. The van der Waals surface area contributed by atoms with Gasteiger partial charge in [0.05, 0.1) is 14.2 Å². The number of ether oxygens (including phenoxy) is 2. The van der Waals surface area contributed by atoms with Gasteiger partial charge in [0.15, 0.2) is 11.5 Å². The first-order valence-electron chi connectivity index (χ1n) is 9.36. The summed E-state index contributed by atoms with van der Waals surface area (Å²) < 4.78 is 12.6. The Morgan fingerprint density at radius 3 is 2.32 bits per heavy atom. The van der Waals surface area contributed by atoms with E-state index in [4.69, 9.17) is 9.47 Å². The fourth-order valence-electron chi connectivity index (χ4n) is 3.21. The lowest BCUT2D eigenvalue weighted by Gasteiger charge is -2.19. The highest BCUT2D eigenvalue weighted by Crippen LogP contribution is 2.27. The lowest BCUT2D eigenvalue weighted by molar-refractivity contribution is -0.124. The molecule has 0 bridgehead atoms. The van der Waals surface area contributed by atoms with Crippen LogP contribution in [0.2, 0.25) is 0 Å². The van der Waals surface area contributed by atoms with E-state index in [1.807, 2.05) is 77.6 Å². The highest BCUT2D eigenvalue weighted by atomic mass is 16.5. The Morgan fingerprint density at radius 2 is 1.64 bits per heavy atom. The van der Waals surface area contributed by atoms with Crippen molar-refractivity contribution >= 4 is 5.91 Å². The minimum absolute atomic E-state index is 0.0144. The van der Waals surface area contributed by atoms with Crippen LogP contribution in [0.1, 0.15) is 17.2 Å². The van der Waals surface area contributed by atoms with Gasteiger partial charge in [-0.2, -0.15) is 0 Å². The lowest BCUT2D eigenvalue weighted by atomic mass is 10.0. The Morgan fingerprint density at radius 1 is 0.929 bits per heavy atom. The van der Waals surface area contributed by atoms with E-state index in [9.17, 15) is 4.79 Å². The maximum Gasteiger partial charge on any atom is 0.243 e. The molecule has 146 valence electrons. The van der Waals surface area contributed by atoms with Crippen LogP contribution in [0.5, 0.6) is 11.5 Å². The number of aromatic nitrogens is 1. The second-order valence-corrected chi connectivity index (χ2v) is 6.57. The van der Waals surface area contributed by atoms with Crippen LogP contribution >= 0.6 is 0 Å². The molecular weight excluding hydrogens is 352 g/mol. The molecule has 0 aliphatic carbocycles. The number of nitrogens with zero attached hydrogens (tertiary/aromatic N) is 1. The average molecular weight is 378 g/mol. The monoisotopic (exact) mass is 378 g/mol. The molecule has 0 unspecified atom stereocenters. The zero-order chi connectivity index (χ0) is 19.8. The van der Waals surface area contributed by atoms with E-state index in [-0.39, 0.29) is 11.9 Å². The summed E-state index contributed by atoms with van der Waals surface area (Å²) in [5, 5.41) is 3.07. The predicted octanol–water partition coefficient (Wildman–Crippen LogP) is 3.65. The molecule has 5 nitrogen and oxygen atoms in total. The van der Waals surface area contributed by atoms with Crippen molar-refractivity contribution in [1.29, 1.82) is 0 Å². The first-order valence-corrected chi connectivity index (χ1v) is 9.36. The highest BCUT2D eigenvalue weighted by molar-refractivity contribution is 5.80. The van der Waals surface area contributed by atoms with Gasteiger partial charge in [-0.3, -0.25) is 4.79 Å². The van der Waals surface area contributed by atoms with Crippen molar-refractivity contribution in [3.8, 4) is 11.5 Å². The van der Waals surface area contributed by atoms with E-state index < -0.39 is 0 Å². The summed E-state index contributed by atoms with van der Waals surface area (Å²) in [6.45, 7) is 0.556. The second kappa shape index (κ2) is 9.65. The van der Waals surface area contributed by atoms with Crippen LogP contribution in [0, 0.1) is 0 Å². The normalized spacial score (nSPS) is 11.6. The van der Waals surface area contributed by atoms with Gasteiger partial charge in [0, 0.05) is 25.4 Å². The summed E-state index contributed by atoms with van der Waals surface area (Å²) in [5.41, 5.74) is 2.22. The average Bonchev–Trinajstić information content (AvgIpc) is 3.27. The minimum atomic E-state index is -0.275. The van der Waals surface area contributed by atoms with Crippen LogP contribution in [-0.4, -0.2) is 31.2 Å². The minimum Gasteiger partial charge on any atom is -0.493 e. The Balaban J connectivity index is 1.62. The van der Waals surface area contributed by atoms with Crippen molar-refractivity contribution in [2.24, 2.45) is 0 Å². The molecule has 0 fully saturated rings. The van der Waals surface area contributed by atoms with Gasteiger partial charge in [0.2, 0.25) is 5.91 Å². The number of nitrogens with one attached hydrogen (secondary N) is 1. The molecule has 1 heterocycles. The number of carbonyl (C=O) groups is 1. The van der Waals surface area contributed by atoms with E-state index in [0.29, 0.717) is 24.5 Å². The number of hydrogen-bond donors (Lipinski definition) is 1. The smallest absolute Gasteiger partial charge is 0.243 e. The fourth-order valence-corrected chi connectivity index (χ4v) is 3.21. The molecule has 0 aliphatic heterocycles. The summed E-state index contributed by atoms with van der Waals surface area (Å²) in [7, 11) is 3.24. The maximum atomic E-state index is 12.9. The van der Waals surface area contributed by atoms with Gasteiger partial charge in [0.1, 0.15) is 6.04 Å². The molecule has 0 spiro atoms. The predicted molar refractivity (Wildman–Crippen MR) is 110 cm³/mol. The Bertz CT molecular complexity index is 876. The standard InChI is InChI=1S/C23H26N2O3/c1-27-21-11-10-19(17-22(21)28-2)12-13-24-23(26)20(25-14-6-7-15-25)16-18-8-4-3-5-9-18/h3-11,14-15,17,20H,12-13,16H2,1-2H3,(H,24,26)/t20-/m0/s1. The Hall–Kier alpha value is -3.21. The molecule has 1 amide bonds. The Labute approximate surface area is 165 Å². The molecule has 3 aromatic rings. The first kappa shape index (κ1) is 19.5. The van der Waals surface area contributed by atoms with Gasteiger partial charge in [-0.05, 0) is 41.8 Å². The van der Waals surface area contributed by atoms with Gasteiger partial charge >= 0.3 is 0 Å². The van der Waals surface area contributed by atoms with Crippen LogP contribution in [0.25, 0.3) is 0 Å². The van der Waals surface area contributed by atoms with Gasteiger partial charge in [0.25, 0.3) is 0 Å². The van der Waals surface area contributed by atoms with Crippen molar-refractivity contribution in [2.75, 3.05) is 20.8 Å². The quantitative estimate of drug-likeness (QED) is 0.618. The lowest BCUT2D eigenvalue weighted by Crippen LogP contribution is -2.34. The number of carbonyl (C=O) groups excluding carboxylic acids is 1. The van der Waals surface area contributed by atoms with Crippen LogP contribution in [0.15, 0.2) is 73.1 Å². The molecule has 1 N–H and O–H groups in total. The van der Waals surface area contributed by atoms with Crippen LogP contribution in [0.3, 0.4) is 0 Å². The van der Waals surface area contributed by atoms with E-state index in [0.717, 1.165) is 17.5 Å². The van der Waals surface area contributed by atoms with Gasteiger partial charge in [-0.1, -0.05) is 36.4 Å². The molecular formula is C23H26N2O3.